The lowest BCUT2D eigenvalue weighted by Gasteiger charge is -2.18. The summed E-state index contributed by atoms with van der Waals surface area (Å²) in [5.74, 6) is -1.32. The number of benzene rings is 2. The van der Waals surface area contributed by atoms with Gasteiger partial charge >= 0.3 is 0 Å². The van der Waals surface area contributed by atoms with Gasteiger partial charge in [0.05, 0.1) is 10.9 Å². The van der Waals surface area contributed by atoms with E-state index < -0.39 is 23.8 Å². The molecule has 2 aromatic carbocycles. The van der Waals surface area contributed by atoms with Gasteiger partial charge in [-0.1, -0.05) is 53.5 Å². The summed E-state index contributed by atoms with van der Waals surface area (Å²) >= 11 is 11.9. The summed E-state index contributed by atoms with van der Waals surface area (Å²) in [4.78, 5) is 38.5. The van der Waals surface area contributed by atoms with E-state index in [1.54, 1.807) is 17.0 Å². The SMILES string of the molecule is CC(Oc1ccc(Cl)cc1Cl)C(=O)NNC(=O)C1CC(=O)N(Cc2ccccc2)C1. The highest BCUT2D eigenvalue weighted by Crippen LogP contribution is 2.28. The predicted octanol–water partition coefficient (Wildman–Crippen LogP) is 2.96. The predicted molar refractivity (Wildman–Crippen MR) is 113 cm³/mol. The maximum Gasteiger partial charge on any atom is 0.279 e. The Morgan fingerprint density at radius 2 is 1.90 bits per heavy atom. The molecule has 2 N–H and O–H groups in total. The fourth-order valence-corrected chi connectivity index (χ4v) is 3.50. The van der Waals surface area contributed by atoms with Crippen LogP contribution in [0.5, 0.6) is 5.75 Å². The Bertz CT molecular complexity index is 939. The number of nitrogens with one attached hydrogen (secondary N) is 2. The van der Waals surface area contributed by atoms with Crippen LogP contribution in [0.4, 0.5) is 0 Å². The lowest BCUT2D eigenvalue weighted by Crippen LogP contribution is -2.49. The van der Waals surface area contributed by atoms with Crippen LogP contribution in [0, 0.1) is 5.92 Å². The zero-order valence-corrected chi connectivity index (χ0v) is 17.7. The Hall–Kier alpha value is -2.77. The van der Waals surface area contributed by atoms with E-state index in [-0.39, 0.29) is 17.4 Å². The number of hydrogen-bond donors (Lipinski definition) is 2. The van der Waals surface area contributed by atoms with Gasteiger partial charge < -0.3 is 9.64 Å². The molecule has 1 aliphatic rings. The Kier molecular flexibility index (Phi) is 7.18. The monoisotopic (exact) mass is 449 g/mol. The second-order valence-electron chi connectivity index (χ2n) is 6.97. The molecule has 1 saturated heterocycles. The molecule has 1 aliphatic heterocycles. The van der Waals surface area contributed by atoms with Crippen LogP contribution >= 0.6 is 23.2 Å². The first-order chi connectivity index (χ1) is 14.3. The molecule has 0 radical (unpaired) electrons. The van der Waals surface area contributed by atoms with Crippen LogP contribution in [-0.2, 0) is 20.9 Å². The zero-order valence-electron chi connectivity index (χ0n) is 16.2. The zero-order chi connectivity index (χ0) is 21.7. The topological polar surface area (TPSA) is 87.7 Å². The first-order valence-corrected chi connectivity index (χ1v) is 10.1. The van der Waals surface area contributed by atoms with E-state index >= 15 is 0 Å². The Morgan fingerprint density at radius 3 is 2.60 bits per heavy atom. The maximum atomic E-state index is 12.4. The molecule has 30 heavy (non-hydrogen) atoms. The summed E-state index contributed by atoms with van der Waals surface area (Å²) in [7, 11) is 0. The van der Waals surface area contributed by atoms with Crippen molar-refractivity contribution < 1.29 is 19.1 Å². The minimum absolute atomic E-state index is 0.0978. The van der Waals surface area contributed by atoms with Crippen molar-refractivity contribution in [2.45, 2.75) is 26.0 Å². The van der Waals surface area contributed by atoms with Crippen LogP contribution < -0.4 is 15.6 Å². The summed E-state index contributed by atoms with van der Waals surface area (Å²) in [5.41, 5.74) is 5.69. The minimum atomic E-state index is -0.913. The first-order valence-electron chi connectivity index (χ1n) is 9.36. The number of hydrazine groups is 1. The lowest BCUT2D eigenvalue weighted by atomic mass is 10.1. The minimum Gasteiger partial charge on any atom is -0.479 e. The fraction of sp³-hybridized carbons (Fsp3) is 0.286. The van der Waals surface area contributed by atoms with Gasteiger partial charge in [0.2, 0.25) is 11.8 Å². The highest BCUT2D eigenvalue weighted by Gasteiger charge is 2.34. The van der Waals surface area contributed by atoms with Crippen LogP contribution in [0.1, 0.15) is 18.9 Å². The summed E-state index contributed by atoms with van der Waals surface area (Å²) in [6.07, 6.45) is -0.815. The molecule has 1 heterocycles. The Labute approximate surface area is 184 Å². The number of amides is 3. The van der Waals surface area contributed by atoms with Crippen LogP contribution in [0.15, 0.2) is 48.5 Å². The van der Waals surface area contributed by atoms with E-state index in [2.05, 4.69) is 10.9 Å². The van der Waals surface area contributed by atoms with Crippen molar-refractivity contribution in [3.8, 4) is 5.75 Å². The molecule has 3 rings (SSSR count). The molecule has 0 aromatic heterocycles. The van der Waals surface area contributed by atoms with Crippen molar-refractivity contribution in [3.05, 3.63) is 64.1 Å². The molecule has 2 atom stereocenters. The van der Waals surface area contributed by atoms with E-state index in [0.717, 1.165) is 5.56 Å². The molecule has 158 valence electrons. The lowest BCUT2D eigenvalue weighted by molar-refractivity contribution is -0.134. The standard InChI is InChI=1S/C21H21Cl2N3O4/c1-13(30-18-8-7-16(22)10-17(18)23)20(28)24-25-21(29)15-9-19(27)26(12-15)11-14-5-3-2-4-6-14/h2-8,10,13,15H,9,11-12H2,1H3,(H,24,28)(H,25,29). The third-order valence-corrected chi connectivity index (χ3v) is 5.21. The quantitative estimate of drug-likeness (QED) is 0.663. The largest absolute Gasteiger partial charge is 0.479 e. The van der Waals surface area contributed by atoms with Crippen molar-refractivity contribution in [2.24, 2.45) is 5.92 Å². The third kappa shape index (κ3) is 5.64. The second-order valence-corrected chi connectivity index (χ2v) is 7.82. The van der Waals surface area contributed by atoms with Gasteiger partial charge in [-0.05, 0) is 30.7 Å². The molecule has 1 fully saturated rings. The van der Waals surface area contributed by atoms with Gasteiger partial charge in [0.25, 0.3) is 5.91 Å². The number of carbonyl (C=O) groups excluding carboxylic acids is 3. The van der Waals surface area contributed by atoms with Crippen molar-refractivity contribution in [2.75, 3.05) is 6.54 Å². The molecular weight excluding hydrogens is 429 g/mol. The van der Waals surface area contributed by atoms with Gasteiger partial charge in [0, 0.05) is 24.5 Å². The third-order valence-electron chi connectivity index (χ3n) is 4.68. The van der Waals surface area contributed by atoms with Gasteiger partial charge in [0.1, 0.15) is 5.75 Å². The number of halogens is 2. The summed E-state index contributed by atoms with van der Waals surface area (Å²) < 4.78 is 5.50. The maximum absolute atomic E-state index is 12.4. The van der Waals surface area contributed by atoms with Gasteiger partial charge in [-0.3, -0.25) is 25.2 Å². The summed E-state index contributed by atoms with van der Waals surface area (Å²) in [6.45, 7) is 2.26. The van der Waals surface area contributed by atoms with Crippen LogP contribution in [0.3, 0.4) is 0 Å². The average Bonchev–Trinajstić information content (AvgIpc) is 3.09. The van der Waals surface area contributed by atoms with E-state index in [9.17, 15) is 14.4 Å². The van der Waals surface area contributed by atoms with Crippen LogP contribution in [0.25, 0.3) is 0 Å². The molecular formula is C21H21Cl2N3O4. The van der Waals surface area contributed by atoms with E-state index in [1.165, 1.54) is 13.0 Å². The van der Waals surface area contributed by atoms with Crippen molar-refractivity contribution >= 4 is 40.9 Å². The molecule has 2 unspecified atom stereocenters. The first kappa shape index (κ1) is 21.9. The van der Waals surface area contributed by atoms with Gasteiger partial charge in [-0.2, -0.15) is 0 Å². The van der Waals surface area contributed by atoms with Crippen molar-refractivity contribution in [3.63, 3.8) is 0 Å². The smallest absolute Gasteiger partial charge is 0.279 e. The normalized spacial score (nSPS) is 16.8. The van der Waals surface area contributed by atoms with Crippen molar-refractivity contribution in [1.29, 1.82) is 0 Å². The molecule has 0 bridgehead atoms. The number of hydrogen-bond acceptors (Lipinski definition) is 4. The molecule has 0 spiro atoms. The molecule has 0 aliphatic carbocycles. The number of ether oxygens (including phenoxy) is 1. The van der Waals surface area contributed by atoms with Gasteiger partial charge in [-0.15, -0.1) is 0 Å². The van der Waals surface area contributed by atoms with Crippen molar-refractivity contribution in [1.82, 2.24) is 15.8 Å². The second kappa shape index (κ2) is 9.82. The van der Waals surface area contributed by atoms with Crippen LogP contribution in [0.2, 0.25) is 10.0 Å². The number of rotatable bonds is 6. The van der Waals surface area contributed by atoms with E-state index in [0.29, 0.717) is 23.9 Å². The highest BCUT2D eigenvalue weighted by atomic mass is 35.5. The number of carbonyl (C=O) groups is 3. The molecule has 3 amide bonds. The Morgan fingerprint density at radius 1 is 1.17 bits per heavy atom. The van der Waals surface area contributed by atoms with E-state index in [4.69, 9.17) is 27.9 Å². The highest BCUT2D eigenvalue weighted by molar-refractivity contribution is 6.35. The summed E-state index contributed by atoms with van der Waals surface area (Å²) in [5, 5.41) is 0.721. The Balaban J connectivity index is 1.47. The van der Waals surface area contributed by atoms with E-state index in [1.807, 2.05) is 30.3 Å². The number of likely N-dealkylation sites (tertiary alicyclic amines) is 1. The van der Waals surface area contributed by atoms with Crippen LogP contribution in [-0.4, -0.2) is 35.3 Å². The molecule has 0 saturated carbocycles. The van der Waals surface area contributed by atoms with Gasteiger partial charge in [0.15, 0.2) is 6.10 Å². The molecule has 2 aromatic rings. The van der Waals surface area contributed by atoms with Gasteiger partial charge in [-0.25, -0.2) is 0 Å². The fourth-order valence-electron chi connectivity index (χ4n) is 3.05. The number of nitrogens with zero attached hydrogens (tertiary/aromatic N) is 1. The average molecular weight is 450 g/mol. The molecule has 7 nitrogen and oxygen atoms in total. The summed E-state index contributed by atoms with van der Waals surface area (Å²) in [6, 6.07) is 14.2. The molecule has 9 heteroatoms.